The molecule has 2 aromatic rings. The number of halogens is 3. The summed E-state index contributed by atoms with van der Waals surface area (Å²) in [4.78, 5) is 3.64. The first-order valence-corrected chi connectivity index (χ1v) is 5.51. The van der Waals surface area contributed by atoms with Gasteiger partial charge in [-0.2, -0.15) is 0 Å². The van der Waals surface area contributed by atoms with Gasteiger partial charge in [-0.1, -0.05) is 11.6 Å². The van der Waals surface area contributed by atoms with Gasteiger partial charge in [-0.15, -0.1) is 0 Å². The second-order valence-corrected chi connectivity index (χ2v) is 4.07. The van der Waals surface area contributed by atoms with Gasteiger partial charge in [0.25, 0.3) is 0 Å². The van der Waals surface area contributed by atoms with E-state index in [0.29, 0.717) is 10.6 Å². The van der Waals surface area contributed by atoms with Gasteiger partial charge in [0.15, 0.2) is 0 Å². The Bertz CT molecular complexity index is 563. The van der Waals surface area contributed by atoms with Crippen molar-refractivity contribution in [2.75, 3.05) is 0 Å². The fraction of sp³-hybridized carbons (Fsp3) is 0.0833. The molecule has 0 spiro atoms. The van der Waals surface area contributed by atoms with Crippen LogP contribution in [0.4, 0.5) is 8.78 Å². The molecule has 0 fully saturated rings. The number of rotatable bonds is 3. The molecule has 0 bridgehead atoms. The van der Waals surface area contributed by atoms with E-state index in [0.717, 1.165) is 6.20 Å². The van der Waals surface area contributed by atoms with Crippen LogP contribution in [-0.2, 0) is 0 Å². The highest BCUT2D eigenvalue weighted by Crippen LogP contribution is 2.29. The third-order valence-corrected chi connectivity index (χ3v) is 2.89. The first kappa shape index (κ1) is 12.9. The van der Waals surface area contributed by atoms with Crippen LogP contribution >= 0.6 is 11.6 Å². The van der Waals surface area contributed by atoms with Crippen molar-refractivity contribution >= 4 is 11.6 Å². The Morgan fingerprint density at radius 2 is 2.00 bits per heavy atom. The van der Waals surface area contributed by atoms with Gasteiger partial charge in [-0.05, 0) is 29.8 Å². The Morgan fingerprint density at radius 3 is 2.67 bits per heavy atom. The van der Waals surface area contributed by atoms with Crippen molar-refractivity contribution in [3.05, 3.63) is 64.4 Å². The van der Waals surface area contributed by atoms with Gasteiger partial charge in [-0.25, -0.2) is 14.2 Å². The monoisotopic (exact) mass is 269 g/mol. The van der Waals surface area contributed by atoms with Crippen molar-refractivity contribution in [2.24, 2.45) is 5.84 Å². The molecule has 1 aromatic heterocycles. The molecule has 6 heteroatoms. The topological polar surface area (TPSA) is 50.9 Å². The molecular weight excluding hydrogens is 260 g/mol. The van der Waals surface area contributed by atoms with E-state index in [4.69, 9.17) is 17.4 Å². The van der Waals surface area contributed by atoms with Crippen LogP contribution in [0.15, 0.2) is 36.7 Å². The molecule has 3 nitrogen and oxygen atoms in total. The number of hydrazine groups is 1. The number of aromatic nitrogens is 1. The molecule has 0 saturated heterocycles. The van der Waals surface area contributed by atoms with Crippen LogP contribution in [0, 0.1) is 11.6 Å². The Morgan fingerprint density at radius 1 is 1.22 bits per heavy atom. The highest BCUT2D eigenvalue weighted by Gasteiger charge is 2.19. The molecule has 0 saturated carbocycles. The van der Waals surface area contributed by atoms with Crippen LogP contribution in [-0.4, -0.2) is 4.98 Å². The molecule has 0 amide bonds. The summed E-state index contributed by atoms with van der Waals surface area (Å²) in [6.45, 7) is 0. The predicted molar refractivity (Wildman–Crippen MR) is 64.8 cm³/mol. The van der Waals surface area contributed by atoms with Gasteiger partial charge < -0.3 is 0 Å². The lowest BCUT2D eigenvalue weighted by Gasteiger charge is -2.18. The molecular formula is C12H10ClF2N3. The lowest BCUT2D eigenvalue weighted by atomic mass is 9.99. The summed E-state index contributed by atoms with van der Waals surface area (Å²) in [5.74, 6) is 4.40. The minimum atomic E-state index is -0.740. The SMILES string of the molecule is NNC(c1ccncc1F)c1cc(F)ccc1Cl. The summed E-state index contributed by atoms with van der Waals surface area (Å²) in [6.07, 6.45) is 2.49. The molecule has 0 aliphatic carbocycles. The zero-order chi connectivity index (χ0) is 13.1. The normalized spacial score (nSPS) is 12.4. The van der Waals surface area contributed by atoms with Gasteiger partial charge in [0.05, 0.1) is 12.2 Å². The van der Waals surface area contributed by atoms with Gasteiger partial charge in [0, 0.05) is 16.8 Å². The average molecular weight is 270 g/mol. The summed E-state index contributed by atoms with van der Waals surface area (Å²) in [5, 5.41) is 0.301. The Kier molecular flexibility index (Phi) is 3.86. The quantitative estimate of drug-likeness (QED) is 0.665. The van der Waals surface area contributed by atoms with E-state index in [1.54, 1.807) is 0 Å². The van der Waals surface area contributed by atoms with Crippen LogP contribution in [0.1, 0.15) is 17.2 Å². The van der Waals surface area contributed by atoms with Crippen molar-refractivity contribution in [1.29, 1.82) is 0 Å². The number of hydrogen-bond acceptors (Lipinski definition) is 3. The van der Waals surface area contributed by atoms with Crippen LogP contribution in [0.5, 0.6) is 0 Å². The van der Waals surface area contributed by atoms with Crippen molar-refractivity contribution in [1.82, 2.24) is 10.4 Å². The molecule has 0 aliphatic rings. The largest absolute Gasteiger partial charge is 0.271 e. The number of pyridine rings is 1. The summed E-state index contributed by atoms with van der Waals surface area (Å²) >= 11 is 5.97. The summed E-state index contributed by atoms with van der Waals surface area (Å²) < 4.78 is 26.9. The maximum absolute atomic E-state index is 13.6. The molecule has 1 aromatic carbocycles. The second kappa shape index (κ2) is 5.39. The van der Waals surface area contributed by atoms with E-state index in [9.17, 15) is 8.78 Å². The lowest BCUT2D eigenvalue weighted by molar-refractivity contribution is 0.551. The first-order chi connectivity index (χ1) is 8.63. The highest BCUT2D eigenvalue weighted by atomic mass is 35.5. The van der Waals surface area contributed by atoms with Crippen LogP contribution in [0.2, 0.25) is 5.02 Å². The minimum Gasteiger partial charge on any atom is -0.271 e. The number of nitrogens with zero attached hydrogens (tertiary/aromatic N) is 1. The maximum atomic E-state index is 13.6. The Hall–Kier alpha value is -1.56. The molecule has 1 atom stereocenters. The summed E-state index contributed by atoms with van der Waals surface area (Å²) in [5.41, 5.74) is 3.04. The number of hydrogen-bond donors (Lipinski definition) is 2. The molecule has 1 unspecified atom stereocenters. The molecule has 0 radical (unpaired) electrons. The first-order valence-electron chi connectivity index (χ1n) is 5.14. The predicted octanol–water partition coefficient (Wildman–Crippen LogP) is 2.57. The zero-order valence-corrected chi connectivity index (χ0v) is 9.96. The second-order valence-electron chi connectivity index (χ2n) is 3.66. The summed E-state index contributed by atoms with van der Waals surface area (Å²) in [6, 6.07) is 4.56. The van der Waals surface area contributed by atoms with E-state index in [1.165, 1.54) is 30.5 Å². The Balaban J connectivity index is 2.52. The molecule has 3 N–H and O–H groups in total. The average Bonchev–Trinajstić information content (AvgIpc) is 2.36. The lowest BCUT2D eigenvalue weighted by Crippen LogP contribution is -2.30. The number of nitrogens with one attached hydrogen (secondary N) is 1. The van der Waals surface area contributed by atoms with Crippen LogP contribution in [0.3, 0.4) is 0 Å². The fourth-order valence-electron chi connectivity index (χ4n) is 1.70. The molecule has 1 heterocycles. The standard InChI is InChI=1S/C12H10ClF2N3/c13-10-2-1-7(14)5-9(10)12(18-16)8-3-4-17-6-11(8)15/h1-6,12,18H,16H2. The van der Waals surface area contributed by atoms with E-state index in [-0.39, 0.29) is 5.56 Å². The number of benzene rings is 1. The smallest absolute Gasteiger partial charge is 0.146 e. The maximum Gasteiger partial charge on any atom is 0.146 e. The van der Waals surface area contributed by atoms with Crippen LogP contribution in [0.25, 0.3) is 0 Å². The third-order valence-electron chi connectivity index (χ3n) is 2.55. The zero-order valence-electron chi connectivity index (χ0n) is 9.20. The number of nitrogens with two attached hydrogens (primary N) is 1. The molecule has 94 valence electrons. The van der Waals surface area contributed by atoms with Crippen molar-refractivity contribution in [3.63, 3.8) is 0 Å². The highest BCUT2D eigenvalue weighted by molar-refractivity contribution is 6.31. The molecule has 18 heavy (non-hydrogen) atoms. The Labute approximate surface area is 108 Å². The van der Waals surface area contributed by atoms with Crippen molar-refractivity contribution < 1.29 is 8.78 Å². The van der Waals surface area contributed by atoms with Gasteiger partial charge in [-0.3, -0.25) is 10.8 Å². The van der Waals surface area contributed by atoms with Gasteiger partial charge in [0.2, 0.25) is 0 Å². The summed E-state index contributed by atoms with van der Waals surface area (Å²) in [7, 11) is 0. The van der Waals surface area contributed by atoms with E-state index in [2.05, 4.69) is 10.4 Å². The molecule has 0 aliphatic heterocycles. The van der Waals surface area contributed by atoms with Gasteiger partial charge >= 0.3 is 0 Å². The fourth-order valence-corrected chi connectivity index (χ4v) is 1.93. The van der Waals surface area contributed by atoms with Crippen LogP contribution < -0.4 is 11.3 Å². The van der Waals surface area contributed by atoms with E-state index in [1.807, 2.05) is 0 Å². The molecule has 2 rings (SSSR count). The van der Waals surface area contributed by atoms with Gasteiger partial charge in [0.1, 0.15) is 11.6 Å². The van der Waals surface area contributed by atoms with E-state index >= 15 is 0 Å². The van der Waals surface area contributed by atoms with Crippen molar-refractivity contribution in [2.45, 2.75) is 6.04 Å². The minimum absolute atomic E-state index is 0.250. The van der Waals surface area contributed by atoms with Crippen molar-refractivity contribution in [3.8, 4) is 0 Å². The third kappa shape index (κ3) is 2.48. The van der Waals surface area contributed by atoms with E-state index < -0.39 is 17.7 Å².